The Labute approximate surface area is 165 Å². The number of sulfonamides is 1. The average molecular weight is 408 g/mol. The van der Waals surface area contributed by atoms with Crippen LogP contribution in [0.2, 0.25) is 5.02 Å². The van der Waals surface area contributed by atoms with E-state index in [-0.39, 0.29) is 16.2 Å². The van der Waals surface area contributed by atoms with Crippen LogP contribution in [0.4, 0.5) is 0 Å². The lowest BCUT2D eigenvalue weighted by molar-refractivity contribution is 0.0734. The molecule has 0 aliphatic carbocycles. The predicted molar refractivity (Wildman–Crippen MR) is 105 cm³/mol. The van der Waals surface area contributed by atoms with Gasteiger partial charge in [0.1, 0.15) is 5.75 Å². The molecular weight excluding hydrogens is 386 g/mol. The Hall–Kier alpha value is -1.89. The van der Waals surface area contributed by atoms with Crippen molar-refractivity contribution >= 4 is 27.6 Å². The predicted octanol–water partition coefficient (Wildman–Crippen LogP) is 4.43. The van der Waals surface area contributed by atoms with E-state index in [1.807, 2.05) is 13.0 Å². The molecule has 1 heterocycles. The van der Waals surface area contributed by atoms with E-state index in [4.69, 9.17) is 16.3 Å². The number of aryl methyl sites for hydroxylation is 1. The first-order chi connectivity index (χ1) is 12.9. The Bertz CT molecular complexity index is 935. The summed E-state index contributed by atoms with van der Waals surface area (Å²) in [5.74, 6) is -0.391. The largest absolute Gasteiger partial charge is 0.421 e. The summed E-state index contributed by atoms with van der Waals surface area (Å²) in [4.78, 5) is 12.6. The first kappa shape index (κ1) is 19.9. The Morgan fingerprint density at radius 1 is 1.04 bits per heavy atom. The SMILES string of the molecule is Cc1ccc(Cl)c(OC(=O)c2cccc(S(=O)(=O)N3CCCCCC3)c2)c1. The van der Waals surface area contributed by atoms with Crippen LogP contribution in [-0.2, 0) is 10.0 Å². The van der Waals surface area contributed by atoms with Gasteiger partial charge in [0, 0.05) is 13.1 Å². The molecule has 0 amide bonds. The highest BCUT2D eigenvalue weighted by Crippen LogP contribution is 2.27. The molecule has 1 aliphatic rings. The number of benzene rings is 2. The lowest BCUT2D eigenvalue weighted by Crippen LogP contribution is -2.32. The van der Waals surface area contributed by atoms with Crippen molar-refractivity contribution in [1.29, 1.82) is 0 Å². The van der Waals surface area contributed by atoms with Gasteiger partial charge >= 0.3 is 5.97 Å². The van der Waals surface area contributed by atoms with Crippen LogP contribution in [-0.4, -0.2) is 31.8 Å². The fourth-order valence-corrected chi connectivity index (χ4v) is 4.78. The van der Waals surface area contributed by atoms with Crippen LogP contribution >= 0.6 is 11.6 Å². The van der Waals surface area contributed by atoms with Crippen LogP contribution in [0.1, 0.15) is 41.6 Å². The summed E-state index contributed by atoms with van der Waals surface area (Å²) in [7, 11) is -3.63. The molecule has 0 N–H and O–H groups in total. The van der Waals surface area contributed by atoms with E-state index in [0.717, 1.165) is 31.2 Å². The smallest absolute Gasteiger partial charge is 0.343 e. The number of hydrogen-bond acceptors (Lipinski definition) is 4. The molecule has 0 atom stereocenters. The maximum atomic E-state index is 12.9. The number of ether oxygens (including phenoxy) is 1. The number of rotatable bonds is 4. The highest BCUT2D eigenvalue weighted by Gasteiger charge is 2.26. The molecule has 27 heavy (non-hydrogen) atoms. The van der Waals surface area contributed by atoms with Crippen LogP contribution in [0.5, 0.6) is 5.75 Å². The number of hydrogen-bond donors (Lipinski definition) is 0. The lowest BCUT2D eigenvalue weighted by Gasteiger charge is -2.20. The fourth-order valence-electron chi connectivity index (χ4n) is 3.06. The zero-order valence-electron chi connectivity index (χ0n) is 15.2. The van der Waals surface area contributed by atoms with Gasteiger partial charge in [-0.15, -0.1) is 0 Å². The molecule has 3 rings (SSSR count). The summed E-state index contributed by atoms with van der Waals surface area (Å²) in [6.07, 6.45) is 3.78. The molecule has 0 bridgehead atoms. The second-order valence-corrected chi connectivity index (χ2v) is 9.01. The van der Waals surface area contributed by atoms with Crippen molar-refractivity contribution in [2.45, 2.75) is 37.5 Å². The van der Waals surface area contributed by atoms with Gasteiger partial charge in [0.05, 0.1) is 15.5 Å². The van der Waals surface area contributed by atoms with Gasteiger partial charge in [0.2, 0.25) is 10.0 Å². The highest BCUT2D eigenvalue weighted by atomic mass is 35.5. The zero-order chi connectivity index (χ0) is 19.4. The van der Waals surface area contributed by atoms with Crippen molar-refractivity contribution in [3.8, 4) is 5.75 Å². The number of halogens is 1. The molecule has 2 aromatic carbocycles. The standard InChI is InChI=1S/C20H22ClNO4S/c1-15-9-10-18(21)19(13-15)26-20(23)16-7-6-8-17(14-16)27(24,25)22-11-4-2-3-5-12-22/h6-10,13-14H,2-5,11-12H2,1H3. The van der Waals surface area contributed by atoms with E-state index in [2.05, 4.69) is 0 Å². The molecule has 144 valence electrons. The first-order valence-electron chi connectivity index (χ1n) is 8.96. The highest BCUT2D eigenvalue weighted by molar-refractivity contribution is 7.89. The summed E-state index contributed by atoms with van der Waals surface area (Å²) in [6, 6.07) is 11.1. The molecule has 0 unspecified atom stereocenters. The molecule has 7 heteroatoms. The third kappa shape index (κ3) is 4.69. The molecule has 0 saturated carbocycles. The first-order valence-corrected chi connectivity index (χ1v) is 10.8. The van der Waals surface area contributed by atoms with E-state index >= 15 is 0 Å². The maximum absolute atomic E-state index is 12.9. The second kappa shape index (κ2) is 8.42. The van der Waals surface area contributed by atoms with E-state index in [1.54, 1.807) is 18.2 Å². The summed E-state index contributed by atoms with van der Waals surface area (Å²) in [5, 5.41) is 0.322. The van der Waals surface area contributed by atoms with Crippen molar-refractivity contribution in [2.24, 2.45) is 0 Å². The monoisotopic (exact) mass is 407 g/mol. The van der Waals surface area contributed by atoms with Gasteiger partial charge < -0.3 is 4.74 Å². The maximum Gasteiger partial charge on any atom is 0.343 e. The molecular formula is C20H22ClNO4S. The quantitative estimate of drug-likeness (QED) is 0.555. The van der Waals surface area contributed by atoms with Crippen molar-refractivity contribution in [3.05, 3.63) is 58.6 Å². The number of nitrogens with zero attached hydrogens (tertiary/aromatic N) is 1. The molecule has 1 saturated heterocycles. The van der Waals surface area contributed by atoms with Gasteiger partial charge in [-0.3, -0.25) is 0 Å². The third-order valence-corrected chi connectivity index (χ3v) is 6.77. The lowest BCUT2D eigenvalue weighted by atomic mass is 10.2. The van der Waals surface area contributed by atoms with E-state index in [1.165, 1.54) is 22.5 Å². The van der Waals surface area contributed by atoms with E-state index in [0.29, 0.717) is 18.1 Å². The molecule has 5 nitrogen and oxygen atoms in total. The minimum atomic E-state index is -3.63. The van der Waals surface area contributed by atoms with E-state index in [9.17, 15) is 13.2 Å². The summed E-state index contributed by atoms with van der Waals surface area (Å²) >= 11 is 6.07. The fraction of sp³-hybridized carbons (Fsp3) is 0.350. The van der Waals surface area contributed by atoms with Gasteiger partial charge in [-0.1, -0.05) is 36.6 Å². The Balaban J connectivity index is 1.84. The van der Waals surface area contributed by atoms with E-state index < -0.39 is 16.0 Å². The molecule has 0 spiro atoms. The molecule has 1 fully saturated rings. The Morgan fingerprint density at radius 3 is 2.44 bits per heavy atom. The third-order valence-electron chi connectivity index (χ3n) is 4.56. The summed E-state index contributed by atoms with van der Waals surface area (Å²) < 4.78 is 32.7. The van der Waals surface area contributed by atoms with Gasteiger partial charge in [-0.2, -0.15) is 4.31 Å². The van der Waals surface area contributed by atoms with Gasteiger partial charge in [0.25, 0.3) is 0 Å². The average Bonchev–Trinajstić information content (AvgIpc) is 2.95. The van der Waals surface area contributed by atoms with Crippen LogP contribution in [0.3, 0.4) is 0 Å². The topological polar surface area (TPSA) is 63.7 Å². The van der Waals surface area contributed by atoms with Crippen LogP contribution in [0.25, 0.3) is 0 Å². The minimum absolute atomic E-state index is 0.106. The van der Waals surface area contributed by atoms with Gasteiger partial charge in [-0.05, 0) is 55.7 Å². The molecule has 0 aromatic heterocycles. The minimum Gasteiger partial charge on any atom is -0.421 e. The summed E-state index contributed by atoms with van der Waals surface area (Å²) in [6.45, 7) is 2.88. The Kier molecular flexibility index (Phi) is 6.19. The van der Waals surface area contributed by atoms with Crippen molar-refractivity contribution in [3.63, 3.8) is 0 Å². The molecule has 1 aliphatic heterocycles. The number of carbonyl (C=O) groups excluding carboxylic acids is 1. The molecule has 2 aromatic rings. The van der Waals surface area contributed by atoms with Crippen LogP contribution < -0.4 is 4.74 Å². The van der Waals surface area contributed by atoms with Crippen LogP contribution in [0.15, 0.2) is 47.4 Å². The van der Waals surface area contributed by atoms with Crippen molar-refractivity contribution in [2.75, 3.05) is 13.1 Å². The summed E-state index contributed by atoms with van der Waals surface area (Å²) in [5.41, 5.74) is 1.07. The van der Waals surface area contributed by atoms with Crippen molar-refractivity contribution < 1.29 is 17.9 Å². The van der Waals surface area contributed by atoms with Crippen LogP contribution in [0, 0.1) is 6.92 Å². The van der Waals surface area contributed by atoms with Crippen molar-refractivity contribution in [1.82, 2.24) is 4.31 Å². The normalized spacial score (nSPS) is 15.9. The Morgan fingerprint density at radius 2 is 1.74 bits per heavy atom. The second-order valence-electron chi connectivity index (χ2n) is 6.67. The van der Waals surface area contributed by atoms with Gasteiger partial charge in [0.15, 0.2) is 0 Å². The number of esters is 1. The zero-order valence-corrected chi connectivity index (χ0v) is 16.7. The number of carbonyl (C=O) groups is 1. The van der Waals surface area contributed by atoms with Gasteiger partial charge in [-0.25, -0.2) is 13.2 Å². The molecule has 0 radical (unpaired) electrons.